The first-order valence-corrected chi connectivity index (χ1v) is 11.8. The maximum absolute atomic E-state index is 4.92. The third kappa shape index (κ3) is 2.89. The highest BCUT2D eigenvalue weighted by Gasteiger charge is 2.25. The largest absolute Gasteiger partial charge is 0.255 e. The molecule has 1 aliphatic heterocycles. The van der Waals surface area contributed by atoms with Gasteiger partial charge in [0.15, 0.2) is 0 Å². The van der Waals surface area contributed by atoms with Gasteiger partial charge < -0.3 is 0 Å². The van der Waals surface area contributed by atoms with Gasteiger partial charge in [-0.1, -0.05) is 75.0 Å². The van der Waals surface area contributed by atoms with E-state index in [0.717, 1.165) is 12.1 Å². The van der Waals surface area contributed by atoms with Gasteiger partial charge in [0.2, 0.25) is 0 Å². The standard InChI is InChI=1S/C29H25NS/c1-17-20-10-6-5-8-18(20)14-24-26(17)28-27-22(12-13-30-28)21-11-7-9-19(16-29(2,3)4)23(21)15-25(27)31-24/h5-15H,16H2,1-4H3. The molecule has 1 aromatic heterocycles. The van der Waals surface area contributed by atoms with Crippen LogP contribution in [0.3, 0.4) is 0 Å². The summed E-state index contributed by atoms with van der Waals surface area (Å²) in [5, 5.41) is 7.96. The molecule has 6 rings (SSSR count). The molecule has 2 heterocycles. The molecule has 0 atom stereocenters. The van der Waals surface area contributed by atoms with Crippen LogP contribution in [0.2, 0.25) is 0 Å². The van der Waals surface area contributed by atoms with E-state index in [-0.39, 0.29) is 5.41 Å². The lowest BCUT2D eigenvalue weighted by molar-refractivity contribution is 0.412. The Morgan fingerprint density at radius 2 is 1.61 bits per heavy atom. The topological polar surface area (TPSA) is 12.9 Å². The predicted molar refractivity (Wildman–Crippen MR) is 134 cm³/mol. The second-order valence-electron chi connectivity index (χ2n) is 9.90. The van der Waals surface area contributed by atoms with Crippen molar-refractivity contribution in [1.82, 2.24) is 4.98 Å². The second kappa shape index (κ2) is 6.58. The average Bonchev–Trinajstić information content (AvgIpc) is 2.73. The van der Waals surface area contributed by atoms with Crippen molar-refractivity contribution in [3.8, 4) is 11.3 Å². The van der Waals surface area contributed by atoms with E-state index in [1.165, 1.54) is 58.8 Å². The Bertz CT molecular complexity index is 1520. The summed E-state index contributed by atoms with van der Waals surface area (Å²) >= 11 is 1.91. The van der Waals surface area contributed by atoms with Crippen LogP contribution < -0.4 is 0 Å². The Kier molecular flexibility index (Phi) is 4.01. The first kappa shape index (κ1) is 18.9. The van der Waals surface area contributed by atoms with Crippen molar-refractivity contribution < 1.29 is 0 Å². The number of fused-ring (bicyclic) bond motifs is 5. The van der Waals surface area contributed by atoms with Crippen LogP contribution in [0.25, 0.3) is 43.6 Å². The van der Waals surface area contributed by atoms with Gasteiger partial charge in [0.25, 0.3) is 0 Å². The van der Waals surface area contributed by atoms with Crippen LogP contribution in [0.5, 0.6) is 0 Å². The third-order valence-electron chi connectivity index (χ3n) is 6.41. The molecule has 0 fully saturated rings. The minimum atomic E-state index is 0.250. The molecule has 0 aliphatic carbocycles. The minimum absolute atomic E-state index is 0.250. The lowest BCUT2D eigenvalue weighted by Crippen LogP contribution is -2.09. The fraction of sp³-hybridized carbons (Fsp3) is 0.207. The number of hydrogen-bond donors (Lipinski definition) is 0. The second-order valence-corrected chi connectivity index (χ2v) is 11.0. The lowest BCUT2D eigenvalue weighted by Gasteiger charge is -2.25. The number of hydrogen-bond acceptors (Lipinski definition) is 2. The van der Waals surface area contributed by atoms with E-state index in [9.17, 15) is 0 Å². The number of benzene rings is 4. The van der Waals surface area contributed by atoms with Gasteiger partial charge in [-0.25, -0.2) is 0 Å². The Morgan fingerprint density at radius 3 is 2.45 bits per heavy atom. The number of rotatable bonds is 1. The van der Waals surface area contributed by atoms with Gasteiger partial charge in [-0.3, -0.25) is 4.98 Å². The van der Waals surface area contributed by atoms with Crippen LogP contribution in [0.15, 0.2) is 76.7 Å². The van der Waals surface area contributed by atoms with Crippen molar-refractivity contribution in [1.29, 1.82) is 0 Å². The molecule has 1 nitrogen and oxygen atoms in total. The van der Waals surface area contributed by atoms with Crippen molar-refractivity contribution >= 4 is 44.1 Å². The summed E-state index contributed by atoms with van der Waals surface area (Å²) in [6.45, 7) is 9.20. The minimum Gasteiger partial charge on any atom is -0.255 e. The summed E-state index contributed by atoms with van der Waals surface area (Å²) in [6.07, 6.45) is 3.06. The first-order valence-electron chi connectivity index (χ1n) is 10.9. The van der Waals surface area contributed by atoms with Crippen LogP contribution in [-0.4, -0.2) is 4.98 Å². The quantitative estimate of drug-likeness (QED) is 0.248. The molecule has 0 saturated carbocycles. The molecule has 1 aliphatic rings. The van der Waals surface area contributed by atoms with Crippen molar-refractivity contribution in [3.05, 3.63) is 78.0 Å². The molecule has 0 bridgehead atoms. The fourth-order valence-electron chi connectivity index (χ4n) is 5.14. The van der Waals surface area contributed by atoms with Crippen LogP contribution in [0.1, 0.15) is 31.9 Å². The highest BCUT2D eigenvalue weighted by Crippen LogP contribution is 2.51. The van der Waals surface area contributed by atoms with Gasteiger partial charge >= 0.3 is 0 Å². The summed E-state index contributed by atoms with van der Waals surface area (Å²) in [5.41, 5.74) is 5.44. The van der Waals surface area contributed by atoms with Crippen LogP contribution >= 0.6 is 11.8 Å². The van der Waals surface area contributed by atoms with Gasteiger partial charge in [0, 0.05) is 26.9 Å². The molecule has 152 valence electrons. The molecule has 0 spiro atoms. The van der Waals surface area contributed by atoms with Gasteiger partial charge in [-0.15, -0.1) is 0 Å². The smallest absolute Gasteiger partial charge is 0.0806 e. The lowest BCUT2D eigenvalue weighted by atomic mass is 9.85. The summed E-state index contributed by atoms with van der Waals surface area (Å²) in [4.78, 5) is 7.57. The van der Waals surface area contributed by atoms with Crippen LogP contribution in [0.4, 0.5) is 0 Å². The zero-order chi connectivity index (χ0) is 21.3. The summed E-state index contributed by atoms with van der Waals surface area (Å²) in [6, 6.07) is 22.5. The van der Waals surface area contributed by atoms with Crippen molar-refractivity contribution in [2.75, 3.05) is 0 Å². The molecule has 0 saturated heterocycles. The average molecular weight is 420 g/mol. The van der Waals surface area contributed by atoms with E-state index in [4.69, 9.17) is 4.98 Å². The number of aryl methyl sites for hydroxylation is 1. The number of aromatic nitrogens is 1. The molecule has 2 heteroatoms. The zero-order valence-electron chi connectivity index (χ0n) is 18.4. The first-order chi connectivity index (χ1) is 14.9. The number of nitrogens with zero attached hydrogens (tertiary/aromatic N) is 1. The van der Waals surface area contributed by atoms with E-state index < -0.39 is 0 Å². The van der Waals surface area contributed by atoms with Crippen molar-refractivity contribution in [3.63, 3.8) is 0 Å². The Hall–Kier alpha value is -2.84. The molecule has 0 amide bonds. The molecule has 0 unspecified atom stereocenters. The van der Waals surface area contributed by atoms with Gasteiger partial charge in [-0.05, 0) is 75.0 Å². The van der Waals surface area contributed by atoms with E-state index in [0.29, 0.717) is 0 Å². The van der Waals surface area contributed by atoms with E-state index in [2.05, 4.69) is 88.4 Å². The summed E-state index contributed by atoms with van der Waals surface area (Å²) < 4.78 is 0. The van der Waals surface area contributed by atoms with E-state index >= 15 is 0 Å². The molecule has 5 aromatic rings. The summed E-state index contributed by atoms with van der Waals surface area (Å²) in [5.74, 6) is 0. The maximum Gasteiger partial charge on any atom is 0.0806 e. The normalized spacial score (nSPS) is 13.2. The Labute approximate surface area is 187 Å². The van der Waals surface area contributed by atoms with Crippen LogP contribution in [0, 0.1) is 12.3 Å². The maximum atomic E-state index is 4.92. The highest BCUT2D eigenvalue weighted by molar-refractivity contribution is 7.99. The molecule has 0 N–H and O–H groups in total. The molecule has 4 aromatic carbocycles. The fourth-order valence-corrected chi connectivity index (χ4v) is 6.40. The monoisotopic (exact) mass is 419 g/mol. The van der Waals surface area contributed by atoms with Gasteiger partial charge in [0.1, 0.15) is 0 Å². The third-order valence-corrected chi connectivity index (χ3v) is 7.49. The predicted octanol–water partition coefficient (Wildman–Crippen LogP) is 8.57. The Balaban J connectivity index is 1.71. The molecular formula is C29H25NS. The molecule has 31 heavy (non-hydrogen) atoms. The van der Waals surface area contributed by atoms with E-state index in [1.54, 1.807) is 0 Å². The number of pyridine rings is 1. The van der Waals surface area contributed by atoms with Crippen molar-refractivity contribution in [2.24, 2.45) is 5.41 Å². The van der Waals surface area contributed by atoms with Crippen LogP contribution in [-0.2, 0) is 6.42 Å². The molecular weight excluding hydrogens is 394 g/mol. The Morgan fingerprint density at radius 1 is 0.806 bits per heavy atom. The highest BCUT2D eigenvalue weighted by atomic mass is 32.2. The summed E-state index contributed by atoms with van der Waals surface area (Å²) in [7, 11) is 0. The zero-order valence-corrected chi connectivity index (χ0v) is 19.2. The van der Waals surface area contributed by atoms with Gasteiger partial charge in [-0.2, -0.15) is 0 Å². The van der Waals surface area contributed by atoms with Crippen molar-refractivity contribution in [2.45, 2.75) is 43.9 Å². The molecule has 0 radical (unpaired) electrons. The SMILES string of the molecule is Cc1c2c(cc3ccccc13)Sc1cc3c(CC(C)(C)C)cccc3c3ccnc-2c13. The van der Waals surface area contributed by atoms with E-state index in [1.807, 2.05) is 18.0 Å². The van der Waals surface area contributed by atoms with Gasteiger partial charge in [0.05, 0.1) is 5.69 Å².